The Morgan fingerprint density at radius 2 is 1.85 bits per heavy atom. The van der Waals surface area contributed by atoms with Crippen LogP contribution >= 0.6 is 0 Å². The van der Waals surface area contributed by atoms with E-state index in [9.17, 15) is 17.6 Å². The first-order valence-corrected chi connectivity index (χ1v) is 8.49. The van der Waals surface area contributed by atoms with Gasteiger partial charge in [-0.3, -0.25) is 0 Å². The molecule has 2 heterocycles. The third-order valence-corrected chi connectivity index (χ3v) is 4.89. The van der Waals surface area contributed by atoms with Crippen molar-refractivity contribution in [1.29, 1.82) is 0 Å². The van der Waals surface area contributed by atoms with Crippen LogP contribution in [0.15, 0.2) is 42.6 Å². The first-order valence-electron chi connectivity index (χ1n) is 8.49. The predicted molar refractivity (Wildman–Crippen MR) is 90.9 cm³/mol. The maximum Gasteiger partial charge on any atom is 0.416 e. The Labute approximate surface area is 147 Å². The number of hydrogen-bond acceptors (Lipinski definition) is 2. The molecule has 1 N–H and O–H groups in total. The van der Waals surface area contributed by atoms with Gasteiger partial charge in [0.1, 0.15) is 5.82 Å². The molecule has 0 aliphatic carbocycles. The van der Waals surface area contributed by atoms with Gasteiger partial charge in [0, 0.05) is 23.4 Å². The zero-order chi connectivity index (χ0) is 18.3. The van der Waals surface area contributed by atoms with Gasteiger partial charge in [-0.15, -0.1) is 0 Å². The summed E-state index contributed by atoms with van der Waals surface area (Å²) in [4.78, 5) is 0. The van der Waals surface area contributed by atoms with Crippen molar-refractivity contribution < 1.29 is 17.6 Å². The third kappa shape index (κ3) is 2.96. The average Bonchev–Trinajstić information content (AvgIpc) is 3.05. The van der Waals surface area contributed by atoms with E-state index < -0.39 is 11.7 Å². The largest absolute Gasteiger partial charge is 0.416 e. The number of alkyl halides is 3. The smallest absolute Gasteiger partial charge is 0.316 e. The first-order chi connectivity index (χ1) is 12.4. The van der Waals surface area contributed by atoms with Crippen LogP contribution in [0.3, 0.4) is 0 Å². The van der Waals surface area contributed by atoms with Crippen molar-refractivity contribution in [1.82, 2.24) is 15.1 Å². The van der Waals surface area contributed by atoms with E-state index in [1.54, 1.807) is 16.9 Å². The van der Waals surface area contributed by atoms with Gasteiger partial charge in [-0.1, -0.05) is 0 Å². The van der Waals surface area contributed by atoms with Crippen LogP contribution in [0.5, 0.6) is 0 Å². The fraction of sp³-hybridized carbons (Fsp3) is 0.316. The molecule has 136 valence electrons. The summed E-state index contributed by atoms with van der Waals surface area (Å²) in [5, 5.41) is 8.29. The second-order valence-corrected chi connectivity index (χ2v) is 6.54. The predicted octanol–water partition coefficient (Wildman–Crippen LogP) is 4.65. The van der Waals surface area contributed by atoms with Crippen molar-refractivity contribution in [3.8, 4) is 5.69 Å². The Morgan fingerprint density at radius 1 is 1.08 bits per heavy atom. The van der Waals surface area contributed by atoms with E-state index in [1.165, 1.54) is 18.2 Å². The molecule has 3 nitrogen and oxygen atoms in total. The van der Waals surface area contributed by atoms with Crippen molar-refractivity contribution in [3.05, 3.63) is 59.5 Å². The average molecular weight is 363 g/mol. The number of aromatic nitrogens is 2. The highest BCUT2D eigenvalue weighted by molar-refractivity contribution is 5.84. The monoisotopic (exact) mass is 363 g/mol. The molecule has 1 atom stereocenters. The second-order valence-electron chi connectivity index (χ2n) is 6.54. The number of nitrogens with zero attached hydrogens (tertiary/aromatic N) is 2. The number of benzene rings is 2. The molecule has 0 saturated carbocycles. The van der Waals surface area contributed by atoms with Crippen LogP contribution in [0.1, 0.15) is 29.9 Å². The van der Waals surface area contributed by atoms with Crippen LogP contribution in [-0.4, -0.2) is 22.9 Å². The lowest BCUT2D eigenvalue weighted by Gasteiger charge is -2.24. The third-order valence-electron chi connectivity index (χ3n) is 4.89. The van der Waals surface area contributed by atoms with Crippen molar-refractivity contribution in [2.24, 2.45) is 0 Å². The van der Waals surface area contributed by atoms with Crippen molar-refractivity contribution in [3.63, 3.8) is 0 Å². The van der Waals surface area contributed by atoms with Crippen LogP contribution < -0.4 is 5.32 Å². The molecule has 26 heavy (non-hydrogen) atoms. The minimum absolute atomic E-state index is 0.0673. The molecule has 2 aromatic carbocycles. The van der Waals surface area contributed by atoms with Gasteiger partial charge in [0.05, 0.1) is 23.0 Å². The van der Waals surface area contributed by atoms with Gasteiger partial charge in [-0.05, 0) is 55.8 Å². The molecule has 1 saturated heterocycles. The number of fused-ring (bicyclic) bond motifs is 1. The van der Waals surface area contributed by atoms with Crippen molar-refractivity contribution in [2.75, 3.05) is 13.1 Å². The Bertz CT molecular complexity index is 922. The quantitative estimate of drug-likeness (QED) is 0.672. The van der Waals surface area contributed by atoms with E-state index in [1.807, 2.05) is 0 Å². The summed E-state index contributed by atoms with van der Waals surface area (Å²) in [5.41, 5.74) is 1.12. The Balaban J connectivity index is 1.78. The van der Waals surface area contributed by atoms with E-state index in [0.29, 0.717) is 28.7 Å². The summed E-state index contributed by atoms with van der Waals surface area (Å²) < 4.78 is 54.3. The molecule has 0 radical (unpaired) electrons. The fourth-order valence-corrected chi connectivity index (χ4v) is 3.61. The molecule has 3 aromatic rings. The highest BCUT2D eigenvalue weighted by Gasteiger charge is 2.30. The van der Waals surface area contributed by atoms with Crippen LogP contribution in [0.4, 0.5) is 17.6 Å². The minimum atomic E-state index is -4.38. The number of piperidine rings is 1. The van der Waals surface area contributed by atoms with E-state index in [2.05, 4.69) is 10.4 Å². The van der Waals surface area contributed by atoms with Gasteiger partial charge in [-0.2, -0.15) is 18.3 Å². The SMILES string of the molecule is Fc1ccc2c(cnn2-c2ccc(C(F)(F)F)cc2)c1C1CCCNC1. The molecule has 1 aliphatic heterocycles. The van der Waals surface area contributed by atoms with Gasteiger partial charge in [-0.25, -0.2) is 9.07 Å². The molecule has 7 heteroatoms. The van der Waals surface area contributed by atoms with Crippen LogP contribution in [-0.2, 0) is 6.18 Å². The Kier molecular flexibility index (Phi) is 4.19. The lowest BCUT2D eigenvalue weighted by Crippen LogP contribution is -2.28. The van der Waals surface area contributed by atoms with Gasteiger partial charge in [0.25, 0.3) is 0 Å². The Morgan fingerprint density at radius 3 is 2.50 bits per heavy atom. The lowest BCUT2D eigenvalue weighted by molar-refractivity contribution is -0.137. The lowest BCUT2D eigenvalue weighted by atomic mass is 9.89. The molecular weight excluding hydrogens is 346 g/mol. The molecule has 0 bridgehead atoms. The number of rotatable bonds is 2. The van der Waals surface area contributed by atoms with Crippen molar-refractivity contribution in [2.45, 2.75) is 24.9 Å². The molecule has 1 aromatic heterocycles. The summed E-state index contributed by atoms with van der Waals surface area (Å²) in [6, 6.07) is 7.83. The second kappa shape index (κ2) is 6.39. The van der Waals surface area contributed by atoms with E-state index in [-0.39, 0.29) is 11.7 Å². The highest BCUT2D eigenvalue weighted by Crippen LogP contribution is 2.34. The van der Waals surface area contributed by atoms with Crippen LogP contribution in [0.2, 0.25) is 0 Å². The van der Waals surface area contributed by atoms with Gasteiger partial charge >= 0.3 is 6.18 Å². The number of nitrogens with one attached hydrogen (secondary N) is 1. The summed E-state index contributed by atoms with van der Waals surface area (Å²) in [6.45, 7) is 1.64. The summed E-state index contributed by atoms with van der Waals surface area (Å²) in [6.07, 6.45) is -0.906. The maximum absolute atomic E-state index is 14.5. The maximum atomic E-state index is 14.5. The molecular formula is C19H17F4N3. The molecule has 0 amide bonds. The molecule has 1 unspecified atom stereocenters. The summed E-state index contributed by atoms with van der Waals surface area (Å²) >= 11 is 0. The van der Waals surface area contributed by atoms with Crippen molar-refractivity contribution >= 4 is 10.9 Å². The molecule has 0 spiro atoms. The first kappa shape index (κ1) is 17.0. The summed E-state index contributed by atoms with van der Waals surface area (Å²) in [7, 11) is 0. The van der Waals surface area contributed by atoms with Crippen LogP contribution in [0.25, 0.3) is 16.6 Å². The van der Waals surface area contributed by atoms with Crippen LogP contribution in [0, 0.1) is 5.82 Å². The van der Waals surface area contributed by atoms with E-state index >= 15 is 0 Å². The van der Waals surface area contributed by atoms with Gasteiger partial charge in [0.2, 0.25) is 0 Å². The van der Waals surface area contributed by atoms with E-state index in [4.69, 9.17) is 0 Å². The zero-order valence-electron chi connectivity index (χ0n) is 13.9. The standard InChI is InChI=1S/C19H17F4N3/c20-16-7-8-17-15(18(16)12-2-1-9-24-10-12)11-25-26(17)14-5-3-13(4-6-14)19(21,22)23/h3-8,11-12,24H,1-2,9-10H2. The van der Waals surface area contributed by atoms with Gasteiger partial charge < -0.3 is 5.32 Å². The zero-order valence-corrected chi connectivity index (χ0v) is 13.9. The Hall–Kier alpha value is -2.41. The van der Waals surface area contributed by atoms with E-state index in [0.717, 1.165) is 31.5 Å². The summed E-state index contributed by atoms with van der Waals surface area (Å²) in [5.74, 6) is -0.198. The topological polar surface area (TPSA) is 29.9 Å². The minimum Gasteiger partial charge on any atom is -0.316 e. The fourth-order valence-electron chi connectivity index (χ4n) is 3.61. The highest BCUT2D eigenvalue weighted by atomic mass is 19.4. The number of hydrogen-bond donors (Lipinski definition) is 1. The number of halogens is 4. The molecule has 4 rings (SSSR count). The molecule has 1 fully saturated rings. The van der Waals surface area contributed by atoms with Gasteiger partial charge in [0.15, 0.2) is 0 Å². The normalized spacial score (nSPS) is 18.4. The molecule has 1 aliphatic rings.